The van der Waals surface area contributed by atoms with E-state index < -0.39 is 0 Å². The standard InChI is InChI=1S/C27H46O/c1-18(2)9-8-10-19(3)25-24(28)17-23-21-13-12-20-11-6-7-15-26(20,4)22(21)14-16-27(23,25)5/h18-23,25H,6-17H2,1-5H3/t19-,20-,21-,22+,23+,25+,26+,27+/m1/s1. The Morgan fingerprint density at radius 2 is 1.68 bits per heavy atom. The Balaban J connectivity index is 1.51. The van der Waals surface area contributed by atoms with Gasteiger partial charge in [0.1, 0.15) is 5.78 Å². The normalized spacial score (nSPS) is 46.8. The molecule has 1 nitrogen and oxygen atoms in total. The van der Waals surface area contributed by atoms with Crippen LogP contribution >= 0.6 is 0 Å². The van der Waals surface area contributed by atoms with Gasteiger partial charge in [-0.1, -0.05) is 60.3 Å². The summed E-state index contributed by atoms with van der Waals surface area (Å²) >= 11 is 0. The summed E-state index contributed by atoms with van der Waals surface area (Å²) in [5, 5.41) is 0. The van der Waals surface area contributed by atoms with Gasteiger partial charge in [0.15, 0.2) is 0 Å². The van der Waals surface area contributed by atoms with Crippen molar-refractivity contribution in [3.05, 3.63) is 0 Å². The van der Waals surface area contributed by atoms with Crippen LogP contribution in [0.25, 0.3) is 0 Å². The average molecular weight is 387 g/mol. The summed E-state index contributed by atoms with van der Waals surface area (Å²) in [6, 6.07) is 0. The van der Waals surface area contributed by atoms with Gasteiger partial charge >= 0.3 is 0 Å². The first-order valence-electron chi connectivity index (χ1n) is 12.8. The summed E-state index contributed by atoms with van der Waals surface area (Å²) in [4.78, 5) is 13.3. The van der Waals surface area contributed by atoms with Crippen molar-refractivity contribution in [2.75, 3.05) is 0 Å². The Morgan fingerprint density at radius 1 is 0.893 bits per heavy atom. The van der Waals surface area contributed by atoms with Gasteiger partial charge in [0, 0.05) is 12.3 Å². The quantitative estimate of drug-likeness (QED) is 0.473. The molecule has 0 aromatic carbocycles. The molecule has 0 N–H and O–H groups in total. The van der Waals surface area contributed by atoms with Crippen LogP contribution in [0.5, 0.6) is 0 Å². The van der Waals surface area contributed by atoms with Gasteiger partial charge < -0.3 is 0 Å². The summed E-state index contributed by atoms with van der Waals surface area (Å²) in [6.07, 6.45) is 16.3. The zero-order valence-corrected chi connectivity index (χ0v) is 19.4. The van der Waals surface area contributed by atoms with Crippen LogP contribution in [0, 0.1) is 52.3 Å². The van der Waals surface area contributed by atoms with E-state index in [0.29, 0.717) is 34.4 Å². The van der Waals surface area contributed by atoms with Gasteiger partial charge in [0.05, 0.1) is 0 Å². The SMILES string of the molecule is CC(C)CCC[C@@H](C)[C@H]1C(=O)C[C@H]2[C@@H]3CC[C@H]4CCCC[C@]4(C)[C@H]3CC[C@]12C. The first-order chi connectivity index (χ1) is 13.3. The molecule has 4 rings (SSSR count). The van der Waals surface area contributed by atoms with E-state index in [4.69, 9.17) is 0 Å². The Kier molecular flexibility index (Phi) is 5.78. The minimum absolute atomic E-state index is 0.299. The Morgan fingerprint density at radius 3 is 2.43 bits per heavy atom. The van der Waals surface area contributed by atoms with E-state index >= 15 is 0 Å². The molecule has 160 valence electrons. The predicted octanol–water partition coefficient (Wildman–Crippen LogP) is 7.68. The summed E-state index contributed by atoms with van der Waals surface area (Å²) in [5.74, 6) is 5.78. The molecule has 4 fully saturated rings. The van der Waals surface area contributed by atoms with Crippen molar-refractivity contribution in [1.82, 2.24) is 0 Å². The van der Waals surface area contributed by atoms with E-state index in [0.717, 1.165) is 30.1 Å². The third kappa shape index (κ3) is 3.31. The van der Waals surface area contributed by atoms with Crippen LogP contribution < -0.4 is 0 Å². The van der Waals surface area contributed by atoms with Crippen molar-refractivity contribution in [3.8, 4) is 0 Å². The van der Waals surface area contributed by atoms with E-state index in [1.807, 2.05) is 0 Å². The molecule has 0 aliphatic heterocycles. The third-order valence-electron chi connectivity index (χ3n) is 10.5. The second-order valence-corrected chi connectivity index (χ2v) is 12.4. The van der Waals surface area contributed by atoms with Gasteiger partial charge in [0.25, 0.3) is 0 Å². The number of hydrogen-bond donors (Lipinski definition) is 0. The monoisotopic (exact) mass is 386 g/mol. The molecular formula is C27H46O. The molecule has 4 saturated carbocycles. The zero-order valence-electron chi connectivity index (χ0n) is 19.4. The number of hydrogen-bond acceptors (Lipinski definition) is 1. The molecule has 0 spiro atoms. The molecule has 0 saturated heterocycles. The number of carbonyl (C=O) groups excluding carboxylic acids is 1. The zero-order chi connectivity index (χ0) is 20.1. The second-order valence-electron chi connectivity index (χ2n) is 12.4. The number of Topliss-reactive ketones (excluding diaryl/α,β-unsaturated/α-hetero) is 1. The fourth-order valence-corrected chi connectivity index (χ4v) is 9.11. The Hall–Kier alpha value is -0.330. The molecule has 4 aliphatic rings. The largest absolute Gasteiger partial charge is 0.299 e. The lowest BCUT2D eigenvalue weighted by molar-refractivity contribution is -0.126. The average Bonchev–Trinajstić information content (AvgIpc) is 2.91. The molecule has 0 unspecified atom stereocenters. The van der Waals surface area contributed by atoms with Crippen LogP contribution in [0.3, 0.4) is 0 Å². The van der Waals surface area contributed by atoms with Crippen molar-refractivity contribution in [2.45, 2.75) is 112 Å². The number of fused-ring (bicyclic) bond motifs is 5. The summed E-state index contributed by atoms with van der Waals surface area (Å²) in [7, 11) is 0. The van der Waals surface area contributed by atoms with E-state index in [2.05, 4.69) is 34.6 Å². The lowest BCUT2D eigenvalue weighted by Gasteiger charge is -2.60. The van der Waals surface area contributed by atoms with E-state index in [1.165, 1.54) is 70.6 Å². The number of rotatable bonds is 5. The van der Waals surface area contributed by atoms with Crippen LogP contribution in [0.4, 0.5) is 0 Å². The molecule has 0 bridgehead atoms. The summed E-state index contributed by atoms with van der Waals surface area (Å²) < 4.78 is 0. The highest BCUT2D eigenvalue weighted by atomic mass is 16.1. The molecule has 4 aliphatic carbocycles. The topological polar surface area (TPSA) is 17.1 Å². The van der Waals surface area contributed by atoms with Crippen LogP contribution in [0.2, 0.25) is 0 Å². The minimum atomic E-state index is 0.299. The maximum absolute atomic E-state index is 13.3. The third-order valence-corrected chi connectivity index (χ3v) is 10.5. The maximum atomic E-state index is 13.3. The molecule has 0 aromatic heterocycles. The van der Waals surface area contributed by atoms with Gasteiger partial charge in [-0.15, -0.1) is 0 Å². The van der Waals surface area contributed by atoms with Crippen molar-refractivity contribution >= 4 is 5.78 Å². The van der Waals surface area contributed by atoms with Crippen LogP contribution in [-0.2, 0) is 4.79 Å². The summed E-state index contributed by atoms with van der Waals surface area (Å²) in [6.45, 7) is 12.2. The van der Waals surface area contributed by atoms with Gasteiger partial charge in [-0.25, -0.2) is 0 Å². The fraction of sp³-hybridized carbons (Fsp3) is 0.963. The lowest BCUT2D eigenvalue weighted by atomic mass is 9.44. The Labute approximate surface area is 174 Å². The first kappa shape index (κ1) is 20.9. The van der Waals surface area contributed by atoms with Crippen molar-refractivity contribution in [3.63, 3.8) is 0 Å². The molecule has 1 heteroatoms. The fourth-order valence-electron chi connectivity index (χ4n) is 9.11. The lowest BCUT2D eigenvalue weighted by Crippen LogP contribution is -2.53. The van der Waals surface area contributed by atoms with Crippen LogP contribution in [0.1, 0.15) is 112 Å². The molecule has 8 atom stereocenters. The van der Waals surface area contributed by atoms with Crippen molar-refractivity contribution < 1.29 is 4.79 Å². The molecule has 0 aromatic rings. The molecular weight excluding hydrogens is 340 g/mol. The highest BCUT2D eigenvalue weighted by molar-refractivity contribution is 5.85. The van der Waals surface area contributed by atoms with Crippen LogP contribution in [-0.4, -0.2) is 5.78 Å². The van der Waals surface area contributed by atoms with Crippen molar-refractivity contribution in [2.24, 2.45) is 52.3 Å². The maximum Gasteiger partial charge on any atom is 0.137 e. The highest BCUT2D eigenvalue weighted by Gasteiger charge is 2.62. The summed E-state index contributed by atoms with van der Waals surface area (Å²) in [5.41, 5.74) is 0.889. The van der Waals surface area contributed by atoms with Gasteiger partial charge in [0.2, 0.25) is 0 Å². The smallest absolute Gasteiger partial charge is 0.137 e. The molecule has 0 amide bonds. The molecule has 0 radical (unpaired) electrons. The minimum Gasteiger partial charge on any atom is -0.299 e. The molecule has 28 heavy (non-hydrogen) atoms. The van der Waals surface area contributed by atoms with Gasteiger partial charge in [-0.3, -0.25) is 4.79 Å². The molecule has 0 heterocycles. The second kappa shape index (κ2) is 7.73. The van der Waals surface area contributed by atoms with Gasteiger partial charge in [-0.2, -0.15) is 0 Å². The van der Waals surface area contributed by atoms with E-state index in [-0.39, 0.29) is 0 Å². The first-order valence-corrected chi connectivity index (χ1v) is 12.8. The highest BCUT2D eigenvalue weighted by Crippen LogP contribution is 2.67. The van der Waals surface area contributed by atoms with E-state index in [1.54, 1.807) is 0 Å². The van der Waals surface area contributed by atoms with Crippen molar-refractivity contribution in [1.29, 1.82) is 0 Å². The predicted molar refractivity (Wildman–Crippen MR) is 118 cm³/mol. The number of carbonyl (C=O) groups is 1. The van der Waals surface area contributed by atoms with Crippen LogP contribution in [0.15, 0.2) is 0 Å². The number of ketones is 1. The van der Waals surface area contributed by atoms with E-state index in [9.17, 15) is 4.79 Å². The Bertz CT molecular complexity index is 579. The van der Waals surface area contributed by atoms with Gasteiger partial charge in [-0.05, 0) is 91.3 Å².